The van der Waals surface area contributed by atoms with Crippen molar-refractivity contribution in [2.75, 3.05) is 6.61 Å². The monoisotopic (exact) mass is 235 g/mol. The molecule has 3 nitrogen and oxygen atoms in total. The maximum Gasteiger partial charge on any atom is 0.278 e. The van der Waals surface area contributed by atoms with E-state index in [2.05, 4.69) is 11.9 Å². The van der Waals surface area contributed by atoms with E-state index in [1.165, 1.54) is 11.3 Å². The van der Waals surface area contributed by atoms with Crippen LogP contribution in [0.2, 0.25) is 0 Å². The molecule has 0 aliphatic carbocycles. The zero-order chi connectivity index (χ0) is 11.2. The van der Waals surface area contributed by atoms with Crippen LogP contribution in [-0.2, 0) is 0 Å². The normalized spacial score (nSPS) is 10.1. The molecule has 0 radical (unpaired) electrons. The van der Waals surface area contributed by atoms with Gasteiger partial charge in [-0.25, -0.2) is 4.98 Å². The van der Waals surface area contributed by atoms with Crippen LogP contribution < -0.4 is 9.47 Å². The van der Waals surface area contributed by atoms with Gasteiger partial charge in [-0.2, -0.15) is 0 Å². The van der Waals surface area contributed by atoms with Crippen LogP contribution in [0.15, 0.2) is 35.8 Å². The SMILES string of the molecule is CCCOc1ccc(Oc2nccs2)cc1. The average molecular weight is 235 g/mol. The Bertz CT molecular complexity index is 411. The van der Waals surface area contributed by atoms with Crippen molar-refractivity contribution in [1.82, 2.24) is 4.98 Å². The Hall–Kier alpha value is -1.55. The Morgan fingerprint density at radius 3 is 2.56 bits per heavy atom. The minimum Gasteiger partial charge on any atom is -0.494 e. The van der Waals surface area contributed by atoms with E-state index in [0.717, 1.165) is 24.5 Å². The van der Waals surface area contributed by atoms with Crippen LogP contribution in [0, 0.1) is 0 Å². The smallest absolute Gasteiger partial charge is 0.278 e. The number of aromatic nitrogens is 1. The van der Waals surface area contributed by atoms with Gasteiger partial charge in [0.2, 0.25) is 0 Å². The largest absolute Gasteiger partial charge is 0.494 e. The van der Waals surface area contributed by atoms with Crippen LogP contribution in [0.4, 0.5) is 0 Å². The van der Waals surface area contributed by atoms with Crippen LogP contribution in [0.5, 0.6) is 16.7 Å². The minimum absolute atomic E-state index is 0.655. The maximum absolute atomic E-state index is 5.53. The maximum atomic E-state index is 5.53. The molecule has 0 aliphatic heterocycles. The number of thiazole rings is 1. The number of hydrogen-bond acceptors (Lipinski definition) is 4. The molecule has 1 aromatic carbocycles. The van der Waals surface area contributed by atoms with Gasteiger partial charge in [0.25, 0.3) is 5.19 Å². The lowest BCUT2D eigenvalue weighted by Crippen LogP contribution is -1.94. The van der Waals surface area contributed by atoms with Gasteiger partial charge in [0, 0.05) is 11.6 Å². The minimum atomic E-state index is 0.655. The second kappa shape index (κ2) is 5.51. The third kappa shape index (κ3) is 2.97. The number of ether oxygens (including phenoxy) is 2. The van der Waals surface area contributed by atoms with Crippen LogP contribution in [0.3, 0.4) is 0 Å². The molecule has 2 rings (SSSR count). The van der Waals surface area contributed by atoms with Crippen molar-refractivity contribution in [2.45, 2.75) is 13.3 Å². The summed E-state index contributed by atoms with van der Waals surface area (Å²) in [6.07, 6.45) is 2.73. The van der Waals surface area contributed by atoms with Gasteiger partial charge < -0.3 is 9.47 Å². The predicted octanol–water partition coefficient (Wildman–Crippen LogP) is 3.72. The molecule has 0 aliphatic rings. The molecule has 0 fully saturated rings. The van der Waals surface area contributed by atoms with Crippen molar-refractivity contribution >= 4 is 11.3 Å². The van der Waals surface area contributed by atoms with E-state index in [4.69, 9.17) is 9.47 Å². The summed E-state index contributed by atoms with van der Waals surface area (Å²) in [7, 11) is 0. The van der Waals surface area contributed by atoms with Crippen molar-refractivity contribution in [2.24, 2.45) is 0 Å². The molecule has 84 valence electrons. The average Bonchev–Trinajstić information content (AvgIpc) is 2.81. The Labute approximate surface area is 98.7 Å². The van der Waals surface area contributed by atoms with Gasteiger partial charge in [0.1, 0.15) is 11.5 Å². The molecule has 0 saturated heterocycles. The molecular weight excluding hydrogens is 222 g/mol. The van der Waals surface area contributed by atoms with E-state index >= 15 is 0 Å². The Morgan fingerprint density at radius 1 is 1.19 bits per heavy atom. The van der Waals surface area contributed by atoms with Gasteiger partial charge >= 0.3 is 0 Å². The number of nitrogens with zero attached hydrogens (tertiary/aromatic N) is 1. The summed E-state index contributed by atoms with van der Waals surface area (Å²) in [5.41, 5.74) is 0. The lowest BCUT2D eigenvalue weighted by Gasteiger charge is -2.05. The first-order valence-corrected chi connectivity index (χ1v) is 6.06. The molecule has 1 heterocycles. The molecule has 16 heavy (non-hydrogen) atoms. The molecule has 0 bridgehead atoms. The van der Waals surface area contributed by atoms with E-state index in [0.29, 0.717) is 5.19 Å². The van der Waals surface area contributed by atoms with Crippen LogP contribution in [0.25, 0.3) is 0 Å². The third-order valence-corrected chi connectivity index (χ3v) is 2.56. The Morgan fingerprint density at radius 2 is 1.94 bits per heavy atom. The van der Waals surface area contributed by atoms with Gasteiger partial charge in [-0.1, -0.05) is 18.3 Å². The zero-order valence-electron chi connectivity index (χ0n) is 9.05. The second-order valence-corrected chi connectivity index (χ2v) is 4.08. The molecule has 0 amide bonds. The highest BCUT2D eigenvalue weighted by Crippen LogP contribution is 2.25. The predicted molar refractivity (Wildman–Crippen MR) is 64.4 cm³/mol. The summed E-state index contributed by atoms with van der Waals surface area (Å²) >= 11 is 1.47. The summed E-state index contributed by atoms with van der Waals surface area (Å²) < 4.78 is 11.0. The fraction of sp³-hybridized carbons (Fsp3) is 0.250. The molecule has 2 aromatic rings. The molecule has 0 atom stereocenters. The molecule has 1 aromatic heterocycles. The molecule has 0 N–H and O–H groups in total. The van der Waals surface area contributed by atoms with Crippen LogP contribution >= 0.6 is 11.3 Å². The Kier molecular flexibility index (Phi) is 3.77. The second-order valence-electron chi connectivity index (χ2n) is 3.22. The van der Waals surface area contributed by atoms with Gasteiger partial charge in [-0.3, -0.25) is 0 Å². The first-order chi connectivity index (χ1) is 7.88. The molecule has 0 saturated carbocycles. The highest BCUT2D eigenvalue weighted by atomic mass is 32.1. The van der Waals surface area contributed by atoms with Crippen LogP contribution in [-0.4, -0.2) is 11.6 Å². The fourth-order valence-electron chi connectivity index (χ4n) is 1.19. The third-order valence-electron chi connectivity index (χ3n) is 1.91. The zero-order valence-corrected chi connectivity index (χ0v) is 9.87. The van der Waals surface area contributed by atoms with Crippen molar-refractivity contribution in [3.05, 3.63) is 35.8 Å². The summed E-state index contributed by atoms with van der Waals surface area (Å²) in [4.78, 5) is 4.05. The van der Waals surface area contributed by atoms with E-state index < -0.39 is 0 Å². The summed E-state index contributed by atoms with van der Waals surface area (Å²) in [6, 6.07) is 7.57. The van der Waals surface area contributed by atoms with E-state index in [1.807, 2.05) is 29.6 Å². The van der Waals surface area contributed by atoms with Gasteiger partial charge in [0.15, 0.2) is 0 Å². The fourth-order valence-corrected chi connectivity index (χ4v) is 1.69. The first-order valence-electron chi connectivity index (χ1n) is 5.18. The topological polar surface area (TPSA) is 31.4 Å². The quantitative estimate of drug-likeness (QED) is 0.791. The highest BCUT2D eigenvalue weighted by Gasteiger charge is 1.99. The lowest BCUT2D eigenvalue weighted by atomic mass is 10.3. The van der Waals surface area contributed by atoms with Crippen molar-refractivity contribution in [3.63, 3.8) is 0 Å². The van der Waals surface area contributed by atoms with E-state index in [-0.39, 0.29) is 0 Å². The highest BCUT2D eigenvalue weighted by molar-refractivity contribution is 7.11. The standard InChI is InChI=1S/C12H13NO2S/c1-2-8-14-10-3-5-11(6-4-10)15-12-13-7-9-16-12/h3-7,9H,2,8H2,1H3. The Balaban J connectivity index is 1.96. The number of benzene rings is 1. The van der Waals surface area contributed by atoms with E-state index in [1.54, 1.807) is 6.20 Å². The van der Waals surface area contributed by atoms with Gasteiger partial charge in [-0.05, 0) is 30.7 Å². The lowest BCUT2D eigenvalue weighted by molar-refractivity contribution is 0.317. The van der Waals surface area contributed by atoms with Gasteiger partial charge in [0.05, 0.1) is 6.61 Å². The first kappa shape index (κ1) is 11.0. The summed E-state index contributed by atoms with van der Waals surface area (Å²) in [5.74, 6) is 1.65. The molecule has 0 spiro atoms. The van der Waals surface area contributed by atoms with Crippen molar-refractivity contribution in [1.29, 1.82) is 0 Å². The number of hydrogen-bond donors (Lipinski definition) is 0. The number of rotatable bonds is 5. The molecule has 4 heteroatoms. The van der Waals surface area contributed by atoms with E-state index in [9.17, 15) is 0 Å². The molecular formula is C12H13NO2S. The summed E-state index contributed by atoms with van der Waals surface area (Å²) in [5, 5.41) is 2.54. The molecule has 0 unspecified atom stereocenters. The summed E-state index contributed by atoms with van der Waals surface area (Å²) in [6.45, 7) is 2.83. The van der Waals surface area contributed by atoms with Crippen molar-refractivity contribution < 1.29 is 9.47 Å². The van der Waals surface area contributed by atoms with Crippen molar-refractivity contribution in [3.8, 4) is 16.7 Å². The van der Waals surface area contributed by atoms with Crippen LogP contribution in [0.1, 0.15) is 13.3 Å². The van der Waals surface area contributed by atoms with Gasteiger partial charge in [-0.15, -0.1) is 0 Å².